The molecule has 0 atom stereocenters. The van der Waals surface area contributed by atoms with Gasteiger partial charge in [0, 0.05) is 4.90 Å². The van der Waals surface area contributed by atoms with E-state index in [1.165, 1.54) is 23.3 Å². The molecule has 0 saturated heterocycles. The summed E-state index contributed by atoms with van der Waals surface area (Å²) in [4.78, 5) is 1.16. The first-order valence-electron chi connectivity index (χ1n) is 3.69. The lowest BCUT2D eigenvalue weighted by atomic mass is 10.4. The average molecular weight is 209 g/mol. The highest BCUT2D eigenvalue weighted by Gasteiger charge is 1.95. The van der Waals surface area contributed by atoms with Gasteiger partial charge in [0.15, 0.2) is 0 Å². The summed E-state index contributed by atoms with van der Waals surface area (Å²) in [6.45, 7) is 0. The monoisotopic (exact) mass is 209 g/mol. The highest BCUT2D eigenvalue weighted by Crippen LogP contribution is 2.20. The SMILES string of the molecule is c1ccc(SNc2nncs2)cc1. The van der Waals surface area contributed by atoms with Crippen LogP contribution in [0.1, 0.15) is 0 Å². The van der Waals surface area contributed by atoms with Crippen LogP contribution in [0.25, 0.3) is 0 Å². The fourth-order valence-corrected chi connectivity index (χ4v) is 1.95. The quantitative estimate of drug-likeness (QED) is 0.789. The Morgan fingerprint density at radius 2 is 2.08 bits per heavy atom. The molecule has 1 heterocycles. The summed E-state index contributed by atoms with van der Waals surface area (Å²) in [6, 6.07) is 10.1. The topological polar surface area (TPSA) is 37.8 Å². The van der Waals surface area contributed by atoms with Gasteiger partial charge in [-0.25, -0.2) is 0 Å². The molecule has 0 unspecified atom stereocenters. The second-order valence-electron chi connectivity index (χ2n) is 2.26. The van der Waals surface area contributed by atoms with Crippen molar-refractivity contribution >= 4 is 28.4 Å². The van der Waals surface area contributed by atoms with Gasteiger partial charge in [-0.15, -0.1) is 10.2 Å². The van der Waals surface area contributed by atoms with Gasteiger partial charge in [-0.1, -0.05) is 29.5 Å². The highest BCUT2D eigenvalue weighted by molar-refractivity contribution is 8.00. The van der Waals surface area contributed by atoms with E-state index in [0.717, 1.165) is 10.0 Å². The van der Waals surface area contributed by atoms with Crippen LogP contribution < -0.4 is 4.72 Å². The fourth-order valence-electron chi connectivity index (χ4n) is 0.809. The predicted molar refractivity (Wildman–Crippen MR) is 55.8 cm³/mol. The zero-order chi connectivity index (χ0) is 8.93. The molecular formula is C8H7N3S2. The van der Waals surface area contributed by atoms with Crippen LogP contribution in [0.3, 0.4) is 0 Å². The second kappa shape index (κ2) is 4.25. The van der Waals surface area contributed by atoms with Gasteiger partial charge in [-0.3, -0.25) is 0 Å². The van der Waals surface area contributed by atoms with E-state index >= 15 is 0 Å². The number of aromatic nitrogens is 2. The van der Waals surface area contributed by atoms with Crippen molar-refractivity contribution in [2.75, 3.05) is 4.72 Å². The zero-order valence-electron chi connectivity index (χ0n) is 6.68. The largest absolute Gasteiger partial charge is 0.300 e. The Morgan fingerprint density at radius 3 is 2.77 bits per heavy atom. The Kier molecular flexibility index (Phi) is 2.79. The van der Waals surface area contributed by atoms with Crippen LogP contribution in [0, 0.1) is 0 Å². The summed E-state index contributed by atoms with van der Waals surface area (Å²) in [5.74, 6) is 0. The lowest BCUT2D eigenvalue weighted by Gasteiger charge is -1.99. The van der Waals surface area contributed by atoms with Crippen LogP contribution >= 0.6 is 23.3 Å². The fraction of sp³-hybridized carbons (Fsp3) is 0. The zero-order valence-corrected chi connectivity index (χ0v) is 8.31. The van der Waals surface area contributed by atoms with Gasteiger partial charge >= 0.3 is 0 Å². The van der Waals surface area contributed by atoms with Gasteiger partial charge < -0.3 is 4.72 Å². The van der Waals surface area contributed by atoms with Crippen molar-refractivity contribution in [3.63, 3.8) is 0 Å². The Bertz CT molecular complexity index is 347. The van der Waals surface area contributed by atoms with Crippen molar-refractivity contribution in [3.8, 4) is 0 Å². The van der Waals surface area contributed by atoms with Crippen molar-refractivity contribution < 1.29 is 0 Å². The van der Waals surface area contributed by atoms with E-state index in [1.54, 1.807) is 5.51 Å². The van der Waals surface area contributed by atoms with Crippen LogP contribution in [0.5, 0.6) is 0 Å². The number of nitrogens with one attached hydrogen (secondary N) is 1. The van der Waals surface area contributed by atoms with E-state index in [4.69, 9.17) is 0 Å². The summed E-state index contributed by atoms with van der Waals surface area (Å²) >= 11 is 3.02. The van der Waals surface area contributed by atoms with Gasteiger partial charge in [0.05, 0.1) is 0 Å². The third-order valence-corrected chi connectivity index (χ3v) is 2.90. The molecule has 0 aliphatic heterocycles. The van der Waals surface area contributed by atoms with E-state index in [-0.39, 0.29) is 0 Å². The standard InChI is InChI=1S/C8H7N3S2/c1-2-4-7(5-3-1)13-11-8-10-9-6-12-8/h1-6H,(H,10,11). The molecule has 1 aromatic carbocycles. The Labute approximate surface area is 84.3 Å². The first kappa shape index (κ1) is 8.52. The van der Waals surface area contributed by atoms with E-state index in [0.29, 0.717) is 0 Å². The van der Waals surface area contributed by atoms with Crippen LogP contribution in [-0.4, -0.2) is 10.2 Å². The Hall–Kier alpha value is -1.07. The van der Waals surface area contributed by atoms with Crippen LogP contribution in [-0.2, 0) is 0 Å². The summed E-state index contributed by atoms with van der Waals surface area (Å²) in [5, 5.41) is 8.42. The maximum absolute atomic E-state index is 3.87. The molecule has 3 nitrogen and oxygen atoms in total. The lowest BCUT2D eigenvalue weighted by Crippen LogP contribution is -1.84. The van der Waals surface area contributed by atoms with Gasteiger partial charge in [-0.05, 0) is 24.1 Å². The molecule has 0 aliphatic rings. The third-order valence-electron chi connectivity index (χ3n) is 1.36. The first-order chi connectivity index (χ1) is 6.45. The lowest BCUT2D eigenvalue weighted by molar-refractivity contribution is 1.10. The summed E-state index contributed by atoms with van der Waals surface area (Å²) in [5.41, 5.74) is 1.70. The van der Waals surface area contributed by atoms with Crippen LogP contribution in [0.4, 0.5) is 5.13 Å². The highest BCUT2D eigenvalue weighted by atomic mass is 32.2. The van der Waals surface area contributed by atoms with Gasteiger partial charge in [0.1, 0.15) is 5.51 Å². The van der Waals surface area contributed by atoms with Crippen LogP contribution in [0.2, 0.25) is 0 Å². The van der Waals surface area contributed by atoms with Crippen LogP contribution in [0.15, 0.2) is 40.7 Å². The van der Waals surface area contributed by atoms with Crippen molar-refractivity contribution in [2.45, 2.75) is 4.90 Å². The molecule has 1 aromatic heterocycles. The molecule has 66 valence electrons. The number of hydrogen-bond acceptors (Lipinski definition) is 5. The van der Waals surface area contributed by atoms with Gasteiger partial charge in [-0.2, -0.15) is 0 Å². The molecule has 1 N–H and O–H groups in total. The third kappa shape index (κ3) is 2.43. The van der Waals surface area contributed by atoms with Gasteiger partial charge in [0.2, 0.25) is 5.13 Å². The molecule has 2 rings (SSSR count). The average Bonchev–Trinajstić information content (AvgIpc) is 2.69. The van der Waals surface area contributed by atoms with E-state index in [1.807, 2.05) is 30.3 Å². The molecule has 13 heavy (non-hydrogen) atoms. The van der Waals surface area contributed by atoms with E-state index in [9.17, 15) is 0 Å². The van der Waals surface area contributed by atoms with Crippen molar-refractivity contribution in [2.24, 2.45) is 0 Å². The molecule has 0 saturated carbocycles. The molecule has 2 aromatic rings. The van der Waals surface area contributed by atoms with Crippen molar-refractivity contribution in [1.82, 2.24) is 10.2 Å². The minimum Gasteiger partial charge on any atom is -0.300 e. The molecule has 0 fully saturated rings. The van der Waals surface area contributed by atoms with Crippen molar-refractivity contribution in [3.05, 3.63) is 35.8 Å². The number of nitrogens with zero attached hydrogens (tertiary/aromatic N) is 2. The Morgan fingerprint density at radius 1 is 1.23 bits per heavy atom. The number of hydrogen-bond donors (Lipinski definition) is 1. The summed E-state index contributed by atoms with van der Waals surface area (Å²) < 4.78 is 3.10. The number of rotatable bonds is 3. The molecule has 0 aliphatic carbocycles. The molecule has 0 bridgehead atoms. The van der Waals surface area contributed by atoms with E-state index < -0.39 is 0 Å². The van der Waals surface area contributed by atoms with Crippen molar-refractivity contribution in [1.29, 1.82) is 0 Å². The minimum atomic E-state index is 0.828. The molecule has 0 amide bonds. The first-order valence-corrected chi connectivity index (χ1v) is 5.39. The number of benzene rings is 1. The van der Waals surface area contributed by atoms with Gasteiger partial charge in [0.25, 0.3) is 0 Å². The number of anilines is 1. The Balaban J connectivity index is 1.94. The maximum Gasteiger partial charge on any atom is 0.215 e. The second-order valence-corrected chi connectivity index (χ2v) is 3.97. The maximum atomic E-state index is 3.87. The predicted octanol–water partition coefficient (Wildman–Crippen LogP) is 2.66. The van der Waals surface area contributed by atoms with E-state index in [2.05, 4.69) is 14.9 Å². The molecule has 5 heteroatoms. The molecule has 0 radical (unpaired) electrons. The summed E-state index contributed by atoms with van der Waals surface area (Å²) in [6.07, 6.45) is 0. The minimum absolute atomic E-state index is 0.828. The smallest absolute Gasteiger partial charge is 0.215 e. The summed E-state index contributed by atoms with van der Waals surface area (Å²) in [7, 11) is 0. The molecular weight excluding hydrogens is 202 g/mol. The molecule has 0 spiro atoms. The normalized spacial score (nSPS) is 9.85.